The minimum Gasteiger partial charge on any atom is -0.462 e. The van der Waals surface area contributed by atoms with Gasteiger partial charge in [0, 0.05) is 19.3 Å². The minimum absolute atomic E-state index is 0.0760. The van der Waals surface area contributed by atoms with Gasteiger partial charge in [-0.3, -0.25) is 14.4 Å². The van der Waals surface area contributed by atoms with Crippen molar-refractivity contribution in [2.75, 3.05) is 13.2 Å². The van der Waals surface area contributed by atoms with Crippen LogP contribution in [0.5, 0.6) is 0 Å². The zero-order chi connectivity index (χ0) is 51.4. The number of allylic oxidation sites excluding steroid dienone is 14. The van der Waals surface area contributed by atoms with Crippen LogP contribution in [0.25, 0.3) is 0 Å². The Balaban J connectivity index is 3.95. The van der Waals surface area contributed by atoms with Crippen LogP contribution >= 0.6 is 0 Å². The van der Waals surface area contributed by atoms with Gasteiger partial charge < -0.3 is 14.2 Å². The average molecular weight is 990 g/mol. The summed E-state index contributed by atoms with van der Waals surface area (Å²) in [5.74, 6) is -0.886. The summed E-state index contributed by atoms with van der Waals surface area (Å²) in [5.41, 5.74) is 0. The van der Waals surface area contributed by atoms with E-state index in [2.05, 4.69) is 106 Å². The van der Waals surface area contributed by atoms with E-state index in [1.807, 2.05) is 0 Å². The van der Waals surface area contributed by atoms with Gasteiger partial charge in [-0.05, 0) is 89.9 Å². The molecule has 0 amide bonds. The number of esters is 3. The molecule has 0 heterocycles. The molecule has 1 unspecified atom stereocenters. The Labute approximate surface area is 439 Å². The Kier molecular flexibility index (Phi) is 56.3. The van der Waals surface area contributed by atoms with Gasteiger partial charge >= 0.3 is 17.9 Å². The molecule has 1 atom stereocenters. The highest BCUT2D eigenvalue weighted by Crippen LogP contribution is 2.16. The van der Waals surface area contributed by atoms with Crippen LogP contribution in [0.2, 0.25) is 0 Å². The molecule has 0 N–H and O–H groups in total. The third kappa shape index (κ3) is 57.4. The number of carbonyl (C=O) groups excluding carboxylic acids is 3. The molecule has 6 nitrogen and oxygen atoms in total. The van der Waals surface area contributed by atoms with Crippen molar-refractivity contribution in [3.63, 3.8) is 0 Å². The summed E-state index contributed by atoms with van der Waals surface area (Å²) >= 11 is 0. The number of rotatable bonds is 54. The van der Waals surface area contributed by atoms with Crippen LogP contribution < -0.4 is 0 Å². The van der Waals surface area contributed by atoms with E-state index in [0.717, 1.165) is 109 Å². The molecule has 0 aromatic heterocycles. The molecule has 71 heavy (non-hydrogen) atoms. The molecule has 0 aliphatic rings. The fourth-order valence-corrected chi connectivity index (χ4v) is 8.37. The normalized spacial score (nSPS) is 12.7. The number of hydrogen-bond acceptors (Lipinski definition) is 6. The Hall–Kier alpha value is -3.41. The molecule has 0 fully saturated rings. The van der Waals surface area contributed by atoms with E-state index in [-0.39, 0.29) is 31.1 Å². The Morgan fingerprint density at radius 1 is 0.296 bits per heavy atom. The average Bonchev–Trinajstić information content (AvgIpc) is 3.37. The summed E-state index contributed by atoms with van der Waals surface area (Å²) in [7, 11) is 0. The minimum atomic E-state index is -0.774. The van der Waals surface area contributed by atoms with Crippen LogP contribution in [0.3, 0.4) is 0 Å². The molecule has 408 valence electrons. The third-order valence-electron chi connectivity index (χ3n) is 12.9. The largest absolute Gasteiger partial charge is 0.462 e. The highest BCUT2D eigenvalue weighted by molar-refractivity contribution is 5.71. The monoisotopic (exact) mass is 989 g/mol. The van der Waals surface area contributed by atoms with E-state index in [1.54, 1.807) is 0 Å². The first-order chi connectivity index (χ1) is 35.0. The smallest absolute Gasteiger partial charge is 0.306 e. The van der Waals surface area contributed by atoms with Crippen LogP contribution in [-0.2, 0) is 28.6 Å². The van der Waals surface area contributed by atoms with E-state index in [4.69, 9.17) is 14.2 Å². The lowest BCUT2D eigenvalue weighted by Gasteiger charge is -2.18. The van der Waals surface area contributed by atoms with E-state index < -0.39 is 6.10 Å². The topological polar surface area (TPSA) is 78.9 Å². The second-order valence-corrected chi connectivity index (χ2v) is 19.9. The number of carbonyl (C=O) groups is 3. The van der Waals surface area contributed by atoms with Crippen LogP contribution in [0.1, 0.15) is 290 Å². The highest BCUT2D eigenvalue weighted by atomic mass is 16.6. The zero-order valence-electron chi connectivity index (χ0n) is 46.7. The summed E-state index contributed by atoms with van der Waals surface area (Å²) in [6.07, 6.45) is 77.7. The Morgan fingerprint density at radius 2 is 0.563 bits per heavy atom. The lowest BCUT2D eigenvalue weighted by atomic mass is 10.0. The maximum atomic E-state index is 12.7. The standard InChI is InChI=1S/C65H112O6/c1-4-7-10-13-16-18-20-21-22-23-24-25-26-27-28-29-30-31-32-33-34-35-36-37-38-39-40-41-42-43-45-46-49-52-55-58-64(67)70-61-62(60-69-63(66)57-54-51-48-15-12-9-6-3)71-65(68)59-56-53-50-47-44-19-17-14-11-8-5-2/h7,10,14,16-18,21-22,24-25,27-28,30-31,62H,4-6,8-9,11-13,15,19-20,23,26,29,32-61H2,1-3H3/b10-7-,17-14-,18-16-,22-21-,25-24-,28-27-,31-30-. The van der Waals surface area contributed by atoms with Crippen LogP contribution in [0.15, 0.2) is 85.1 Å². The van der Waals surface area contributed by atoms with Crippen LogP contribution in [-0.4, -0.2) is 37.2 Å². The van der Waals surface area contributed by atoms with Gasteiger partial charge in [0.1, 0.15) is 13.2 Å². The molecular weight excluding hydrogens is 877 g/mol. The predicted molar refractivity (Wildman–Crippen MR) is 307 cm³/mol. The van der Waals surface area contributed by atoms with Gasteiger partial charge in [0.25, 0.3) is 0 Å². The molecule has 0 radical (unpaired) electrons. The van der Waals surface area contributed by atoms with Gasteiger partial charge in [0.15, 0.2) is 6.10 Å². The van der Waals surface area contributed by atoms with Crippen LogP contribution in [0.4, 0.5) is 0 Å². The van der Waals surface area contributed by atoms with Gasteiger partial charge in [-0.25, -0.2) is 0 Å². The molecule has 0 aromatic carbocycles. The van der Waals surface area contributed by atoms with Gasteiger partial charge in [0.2, 0.25) is 0 Å². The lowest BCUT2D eigenvalue weighted by molar-refractivity contribution is -0.167. The van der Waals surface area contributed by atoms with Crippen molar-refractivity contribution in [2.24, 2.45) is 0 Å². The number of unbranched alkanes of at least 4 members (excludes halogenated alkanes) is 29. The molecule has 0 aromatic rings. The summed E-state index contributed by atoms with van der Waals surface area (Å²) in [5, 5.41) is 0. The first kappa shape index (κ1) is 67.6. The van der Waals surface area contributed by atoms with Gasteiger partial charge in [0.05, 0.1) is 0 Å². The van der Waals surface area contributed by atoms with Gasteiger partial charge in [-0.15, -0.1) is 0 Å². The number of hydrogen-bond donors (Lipinski definition) is 0. The Bertz CT molecular complexity index is 1370. The SMILES string of the molecule is CC/C=C\C/C=C\C/C=C\C/C=C\C/C=C\C/C=C\CCCCCCCCCCCCCCCCCCC(=O)OCC(COC(=O)CCCCCCCCC)OC(=O)CCCCCCC/C=C\CCCC. The van der Waals surface area contributed by atoms with E-state index in [1.165, 1.54) is 141 Å². The summed E-state index contributed by atoms with van der Waals surface area (Å²) in [4.78, 5) is 37.8. The maximum absolute atomic E-state index is 12.7. The fourth-order valence-electron chi connectivity index (χ4n) is 8.37. The van der Waals surface area contributed by atoms with Crippen molar-refractivity contribution in [3.05, 3.63) is 85.1 Å². The molecule has 0 saturated heterocycles. The van der Waals surface area contributed by atoms with Crippen molar-refractivity contribution >= 4 is 17.9 Å². The molecule has 0 aliphatic carbocycles. The molecule has 0 spiro atoms. The maximum Gasteiger partial charge on any atom is 0.306 e. The van der Waals surface area contributed by atoms with Crippen LogP contribution in [0, 0.1) is 0 Å². The molecular formula is C65H112O6. The summed E-state index contributed by atoms with van der Waals surface area (Å²) < 4.78 is 16.7. The van der Waals surface area contributed by atoms with E-state index in [0.29, 0.717) is 19.3 Å². The molecule has 6 heteroatoms. The van der Waals surface area contributed by atoms with Crippen molar-refractivity contribution in [1.29, 1.82) is 0 Å². The molecule has 0 saturated carbocycles. The second-order valence-electron chi connectivity index (χ2n) is 19.9. The van der Waals surface area contributed by atoms with E-state index >= 15 is 0 Å². The summed E-state index contributed by atoms with van der Waals surface area (Å²) in [6.45, 7) is 6.45. The third-order valence-corrected chi connectivity index (χ3v) is 12.9. The molecule has 0 rings (SSSR count). The van der Waals surface area contributed by atoms with Crippen molar-refractivity contribution in [1.82, 2.24) is 0 Å². The first-order valence-electron chi connectivity index (χ1n) is 30.1. The second kappa shape index (κ2) is 59.2. The quantitative estimate of drug-likeness (QED) is 0.0261. The zero-order valence-corrected chi connectivity index (χ0v) is 46.7. The first-order valence-corrected chi connectivity index (χ1v) is 30.1. The summed E-state index contributed by atoms with van der Waals surface area (Å²) in [6, 6.07) is 0. The van der Waals surface area contributed by atoms with Gasteiger partial charge in [-0.2, -0.15) is 0 Å². The van der Waals surface area contributed by atoms with Crippen molar-refractivity contribution in [2.45, 2.75) is 297 Å². The molecule has 0 bridgehead atoms. The fraction of sp³-hybridized carbons (Fsp3) is 0.738. The lowest BCUT2D eigenvalue weighted by Crippen LogP contribution is -2.30. The van der Waals surface area contributed by atoms with Gasteiger partial charge in [-0.1, -0.05) is 266 Å². The molecule has 0 aliphatic heterocycles. The van der Waals surface area contributed by atoms with E-state index in [9.17, 15) is 14.4 Å². The Morgan fingerprint density at radius 3 is 0.915 bits per heavy atom. The van der Waals surface area contributed by atoms with Crippen molar-refractivity contribution in [3.8, 4) is 0 Å². The number of ether oxygens (including phenoxy) is 3. The van der Waals surface area contributed by atoms with Crippen molar-refractivity contribution < 1.29 is 28.6 Å². The predicted octanol–water partition coefficient (Wildman–Crippen LogP) is 20.3. The highest BCUT2D eigenvalue weighted by Gasteiger charge is 2.19.